The summed E-state index contributed by atoms with van der Waals surface area (Å²) in [5.74, 6) is 0.948. The van der Waals surface area contributed by atoms with E-state index in [0.29, 0.717) is 35.5 Å². The van der Waals surface area contributed by atoms with Gasteiger partial charge in [-0.25, -0.2) is 9.78 Å². The van der Waals surface area contributed by atoms with Crippen molar-refractivity contribution in [3.8, 4) is 22.8 Å². The highest BCUT2D eigenvalue weighted by Crippen LogP contribution is 2.35. The van der Waals surface area contributed by atoms with Crippen LogP contribution in [-0.2, 0) is 4.79 Å². The van der Waals surface area contributed by atoms with Crippen molar-refractivity contribution < 1.29 is 19.1 Å². The monoisotopic (exact) mass is 452 g/mol. The van der Waals surface area contributed by atoms with Crippen LogP contribution >= 0.6 is 11.3 Å². The van der Waals surface area contributed by atoms with E-state index in [1.54, 1.807) is 12.1 Å². The molecule has 0 saturated carbocycles. The molecule has 1 aliphatic heterocycles. The zero-order chi connectivity index (χ0) is 22.5. The van der Waals surface area contributed by atoms with E-state index in [4.69, 9.17) is 9.47 Å². The van der Waals surface area contributed by atoms with E-state index in [0.717, 1.165) is 11.3 Å². The number of aromatic nitrogens is 1. The largest absolute Gasteiger partial charge is 0.486 e. The number of carbonyl (C=O) groups is 2. The van der Waals surface area contributed by atoms with E-state index in [-0.39, 0.29) is 11.8 Å². The number of ether oxygens (including phenoxy) is 2. The molecule has 0 saturated heterocycles. The summed E-state index contributed by atoms with van der Waals surface area (Å²) in [5.41, 5.74) is 2.24. The number of fused-ring (bicyclic) bond motifs is 1. The second kappa shape index (κ2) is 9.69. The summed E-state index contributed by atoms with van der Waals surface area (Å²) in [6.45, 7) is 4.79. The number of amides is 3. The second-order valence-corrected chi connectivity index (χ2v) is 8.43. The van der Waals surface area contributed by atoms with Crippen LogP contribution in [0.4, 0.5) is 15.6 Å². The lowest BCUT2D eigenvalue weighted by Crippen LogP contribution is -2.48. The van der Waals surface area contributed by atoms with Crippen molar-refractivity contribution in [1.82, 2.24) is 10.3 Å². The van der Waals surface area contributed by atoms with Crippen LogP contribution in [0.15, 0.2) is 53.9 Å². The van der Waals surface area contributed by atoms with Crippen LogP contribution in [0, 0.1) is 5.92 Å². The Morgan fingerprint density at radius 1 is 1.00 bits per heavy atom. The van der Waals surface area contributed by atoms with Gasteiger partial charge >= 0.3 is 6.03 Å². The zero-order valence-corrected chi connectivity index (χ0v) is 18.6. The molecular weight excluding hydrogens is 428 g/mol. The van der Waals surface area contributed by atoms with Crippen LogP contribution in [0.25, 0.3) is 11.3 Å². The Labute approximate surface area is 190 Å². The molecule has 9 heteroatoms. The van der Waals surface area contributed by atoms with E-state index in [2.05, 4.69) is 20.9 Å². The predicted molar refractivity (Wildman–Crippen MR) is 124 cm³/mol. The van der Waals surface area contributed by atoms with Gasteiger partial charge in [0.25, 0.3) is 0 Å². The summed E-state index contributed by atoms with van der Waals surface area (Å²) in [7, 11) is 0. The molecule has 166 valence electrons. The van der Waals surface area contributed by atoms with Crippen molar-refractivity contribution in [2.45, 2.75) is 19.9 Å². The predicted octanol–water partition coefficient (Wildman–Crippen LogP) is 4.37. The highest BCUT2D eigenvalue weighted by molar-refractivity contribution is 7.14. The standard InChI is InChI=1S/C23H24N4O4S/c1-14(2)20(26-22(29)24-16-6-4-3-5-7-16)21(28)27-23-25-17(13-32-23)15-8-9-18-19(12-15)31-11-10-30-18/h3-9,12-14,20H,10-11H2,1-2H3,(H2,24,26,29)(H,25,27,28). The van der Waals surface area contributed by atoms with Gasteiger partial charge in [0.2, 0.25) is 5.91 Å². The first-order valence-corrected chi connectivity index (χ1v) is 11.2. The van der Waals surface area contributed by atoms with Gasteiger partial charge in [-0.3, -0.25) is 4.79 Å². The van der Waals surface area contributed by atoms with Crippen LogP contribution in [0.2, 0.25) is 0 Å². The molecule has 32 heavy (non-hydrogen) atoms. The van der Waals surface area contributed by atoms with Gasteiger partial charge in [-0.1, -0.05) is 32.0 Å². The number of anilines is 2. The molecule has 2 aromatic carbocycles. The minimum atomic E-state index is -0.722. The zero-order valence-electron chi connectivity index (χ0n) is 17.8. The molecule has 0 fully saturated rings. The first-order chi connectivity index (χ1) is 15.5. The second-order valence-electron chi connectivity index (χ2n) is 7.57. The molecule has 0 aliphatic carbocycles. The third kappa shape index (κ3) is 5.17. The van der Waals surface area contributed by atoms with Gasteiger partial charge in [-0.15, -0.1) is 11.3 Å². The number of hydrogen-bond acceptors (Lipinski definition) is 6. The number of nitrogens with zero attached hydrogens (tertiary/aromatic N) is 1. The Kier molecular flexibility index (Phi) is 6.55. The number of benzene rings is 2. The van der Waals surface area contributed by atoms with Crippen molar-refractivity contribution in [2.24, 2.45) is 5.92 Å². The molecular formula is C23H24N4O4S. The summed E-state index contributed by atoms with van der Waals surface area (Å²) in [6, 6.07) is 13.5. The lowest BCUT2D eigenvalue weighted by molar-refractivity contribution is -0.118. The number of para-hydroxylation sites is 1. The Balaban J connectivity index is 1.41. The molecule has 3 aromatic rings. The third-order valence-corrected chi connectivity index (χ3v) is 5.60. The van der Waals surface area contributed by atoms with Crippen LogP contribution in [0.5, 0.6) is 11.5 Å². The first kappa shape index (κ1) is 21.6. The maximum atomic E-state index is 12.9. The lowest BCUT2D eigenvalue weighted by atomic mass is 10.0. The van der Waals surface area contributed by atoms with Gasteiger partial charge in [0.05, 0.1) is 5.69 Å². The number of nitrogens with one attached hydrogen (secondary N) is 3. The van der Waals surface area contributed by atoms with E-state index >= 15 is 0 Å². The number of hydrogen-bond donors (Lipinski definition) is 3. The molecule has 0 radical (unpaired) electrons. The topological polar surface area (TPSA) is 102 Å². The fraction of sp³-hybridized carbons (Fsp3) is 0.261. The van der Waals surface area contributed by atoms with Crippen LogP contribution in [-0.4, -0.2) is 36.2 Å². The highest BCUT2D eigenvalue weighted by atomic mass is 32.1. The average molecular weight is 453 g/mol. The van der Waals surface area contributed by atoms with Crippen LogP contribution < -0.4 is 25.4 Å². The van der Waals surface area contributed by atoms with Gasteiger partial charge in [0, 0.05) is 16.6 Å². The SMILES string of the molecule is CC(C)C(NC(=O)Nc1ccccc1)C(=O)Nc1nc(-c2ccc3c(c2)OCCO3)cs1. The Morgan fingerprint density at radius 2 is 1.75 bits per heavy atom. The van der Waals surface area contributed by atoms with Crippen molar-refractivity contribution in [2.75, 3.05) is 23.8 Å². The van der Waals surface area contributed by atoms with Crippen LogP contribution in [0.3, 0.4) is 0 Å². The third-order valence-electron chi connectivity index (χ3n) is 4.84. The Bertz CT molecular complexity index is 1100. The number of thiazole rings is 1. The molecule has 3 N–H and O–H groups in total. The molecule has 1 aromatic heterocycles. The molecule has 1 unspecified atom stereocenters. The molecule has 8 nitrogen and oxygen atoms in total. The summed E-state index contributed by atoms with van der Waals surface area (Å²) >= 11 is 1.32. The maximum absolute atomic E-state index is 12.9. The lowest BCUT2D eigenvalue weighted by Gasteiger charge is -2.21. The Morgan fingerprint density at radius 3 is 2.50 bits per heavy atom. The van der Waals surface area contributed by atoms with Crippen LogP contribution in [0.1, 0.15) is 13.8 Å². The van der Waals surface area contributed by atoms with Gasteiger partial charge < -0.3 is 25.4 Å². The molecule has 0 bridgehead atoms. The van der Waals surface area contributed by atoms with E-state index < -0.39 is 12.1 Å². The minimum Gasteiger partial charge on any atom is -0.486 e. The molecule has 3 amide bonds. The number of urea groups is 1. The van der Waals surface area contributed by atoms with Gasteiger partial charge in [-0.05, 0) is 36.2 Å². The fourth-order valence-electron chi connectivity index (χ4n) is 3.21. The molecule has 2 heterocycles. The smallest absolute Gasteiger partial charge is 0.319 e. The summed E-state index contributed by atoms with van der Waals surface area (Å²) in [4.78, 5) is 29.7. The number of rotatable bonds is 6. The maximum Gasteiger partial charge on any atom is 0.319 e. The van der Waals surface area contributed by atoms with E-state index in [9.17, 15) is 9.59 Å². The van der Waals surface area contributed by atoms with Gasteiger partial charge in [-0.2, -0.15) is 0 Å². The van der Waals surface area contributed by atoms with E-state index in [1.807, 2.05) is 55.6 Å². The van der Waals surface area contributed by atoms with Crippen molar-refractivity contribution in [3.05, 3.63) is 53.9 Å². The molecule has 4 rings (SSSR count). The highest BCUT2D eigenvalue weighted by Gasteiger charge is 2.25. The van der Waals surface area contributed by atoms with Gasteiger partial charge in [0.15, 0.2) is 16.6 Å². The minimum absolute atomic E-state index is 0.117. The number of carbonyl (C=O) groups excluding carboxylic acids is 2. The summed E-state index contributed by atoms with van der Waals surface area (Å²) < 4.78 is 11.2. The molecule has 1 atom stereocenters. The van der Waals surface area contributed by atoms with Crippen molar-refractivity contribution >= 4 is 34.1 Å². The molecule has 1 aliphatic rings. The first-order valence-electron chi connectivity index (χ1n) is 10.3. The summed E-state index contributed by atoms with van der Waals surface area (Å²) in [6.07, 6.45) is 0. The average Bonchev–Trinajstić information content (AvgIpc) is 3.26. The normalized spacial score (nSPS) is 13.3. The van der Waals surface area contributed by atoms with Crippen molar-refractivity contribution in [3.63, 3.8) is 0 Å². The Hall–Kier alpha value is -3.59. The summed E-state index contributed by atoms with van der Waals surface area (Å²) in [5, 5.41) is 10.6. The van der Waals surface area contributed by atoms with E-state index in [1.165, 1.54) is 11.3 Å². The fourth-order valence-corrected chi connectivity index (χ4v) is 3.94. The van der Waals surface area contributed by atoms with Gasteiger partial charge in [0.1, 0.15) is 19.3 Å². The van der Waals surface area contributed by atoms with Crippen molar-refractivity contribution in [1.29, 1.82) is 0 Å². The molecule has 0 spiro atoms. The quantitative estimate of drug-likeness (QED) is 0.516.